The van der Waals surface area contributed by atoms with Crippen molar-refractivity contribution in [1.82, 2.24) is 5.43 Å². The molecule has 7 aromatic carbocycles. The molecule has 0 atom stereocenters. The van der Waals surface area contributed by atoms with E-state index < -0.39 is 0 Å². The first-order chi connectivity index (χ1) is 25.7. The summed E-state index contributed by atoms with van der Waals surface area (Å²) in [6.07, 6.45) is 3.38. The number of benzene rings is 7. The minimum Gasteiger partial charge on any atom is -0.311 e. The number of carbonyl (C=O) groups excluding carboxylic acids is 1. The Morgan fingerprint density at radius 1 is 0.423 bits per heavy atom. The second kappa shape index (κ2) is 16.4. The van der Waals surface area contributed by atoms with Crippen LogP contribution in [0.5, 0.6) is 0 Å². The molecule has 0 spiro atoms. The number of anilines is 7. The average Bonchev–Trinajstić information content (AvgIpc) is 3.21. The number of rotatable bonds is 12. The highest BCUT2D eigenvalue weighted by Crippen LogP contribution is 2.35. The predicted octanol–water partition coefficient (Wildman–Crippen LogP) is 10.8. The molecule has 7 rings (SSSR count). The van der Waals surface area contributed by atoms with E-state index in [-0.39, 0.29) is 5.91 Å². The van der Waals surface area contributed by atoms with Crippen molar-refractivity contribution in [2.75, 3.05) is 15.2 Å². The van der Waals surface area contributed by atoms with Crippen LogP contribution in [0.4, 0.5) is 39.8 Å². The highest BCUT2D eigenvalue weighted by molar-refractivity contribution is 5.96. The fraction of sp³-hybridized carbons (Fsp3) is 0. The molecule has 52 heavy (non-hydrogen) atoms. The van der Waals surface area contributed by atoms with E-state index in [1.54, 1.807) is 30.6 Å². The SMILES string of the molecule is O=C(N/N=C\c1ccc(N(c2ccccc2)c2ccccc2)cc1)c1cccc(N/N=C\c2ccc(N(c3ccccc3)c3ccccc3)cc2)c1. The summed E-state index contributed by atoms with van der Waals surface area (Å²) in [7, 11) is 0. The summed E-state index contributed by atoms with van der Waals surface area (Å²) in [6, 6.07) is 64.4. The molecule has 7 aromatic rings. The molecule has 0 aliphatic rings. The van der Waals surface area contributed by atoms with Gasteiger partial charge in [0.2, 0.25) is 0 Å². The minimum absolute atomic E-state index is 0.322. The second-order valence-corrected chi connectivity index (χ2v) is 11.8. The maximum Gasteiger partial charge on any atom is 0.271 e. The van der Waals surface area contributed by atoms with Gasteiger partial charge in [-0.3, -0.25) is 10.2 Å². The van der Waals surface area contributed by atoms with E-state index in [2.05, 4.69) is 91.5 Å². The molecule has 0 aromatic heterocycles. The van der Waals surface area contributed by atoms with Crippen LogP contribution >= 0.6 is 0 Å². The summed E-state index contributed by atoms with van der Waals surface area (Å²) in [6.45, 7) is 0. The molecule has 0 unspecified atom stereocenters. The van der Waals surface area contributed by atoms with Gasteiger partial charge in [0.05, 0.1) is 18.1 Å². The molecule has 2 N–H and O–H groups in total. The number of nitrogens with one attached hydrogen (secondary N) is 2. The van der Waals surface area contributed by atoms with Crippen molar-refractivity contribution in [3.63, 3.8) is 0 Å². The Morgan fingerprint density at radius 2 is 0.808 bits per heavy atom. The van der Waals surface area contributed by atoms with Crippen molar-refractivity contribution in [3.8, 4) is 0 Å². The van der Waals surface area contributed by atoms with Crippen LogP contribution in [0.25, 0.3) is 0 Å². The molecule has 1 amide bonds. The van der Waals surface area contributed by atoms with Gasteiger partial charge in [-0.1, -0.05) is 103 Å². The molecule has 0 aliphatic carbocycles. The molecule has 0 aliphatic heterocycles. The number of hydrazone groups is 2. The van der Waals surface area contributed by atoms with Crippen LogP contribution in [-0.4, -0.2) is 18.3 Å². The summed E-state index contributed by atoms with van der Waals surface area (Å²) in [5.74, 6) is -0.322. The number of nitrogens with zero attached hydrogens (tertiary/aromatic N) is 4. The molecule has 7 nitrogen and oxygen atoms in total. The van der Waals surface area contributed by atoms with E-state index in [1.165, 1.54) is 0 Å². The summed E-state index contributed by atoms with van der Waals surface area (Å²) < 4.78 is 0. The average molecular weight is 677 g/mol. The van der Waals surface area contributed by atoms with Crippen LogP contribution in [0.3, 0.4) is 0 Å². The van der Waals surface area contributed by atoms with Gasteiger partial charge in [0.25, 0.3) is 5.91 Å². The maximum atomic E-state index is 12.9. The zero-order valence-corrected chi connectivity index (χ0v) is 28.3. The number of hydrogen-bond acceptors (Lipinski definition) is 6. The number of para-hydroxylation sites is 4. The van der Waals surface area contributed by atoms with Crippen molar-refractivity contribution in [2.45, 2.75) is 0 Å². The molecule has 7 heteroatoms. The monoisotopic (exact) mass is 676 g/mol. The molecule has 0 saturated heterocycles. The third kappa shape index (κ3) is 8.30. The standard InChI is InChI=1S/C45H36N6O/c52-45(49-47-34-36-26-30-44(31-27-36)51(41-20-9-3-10-21-41)42-22-11-4-12-23-42)37-14-13-15-38(32-37)48-46-33-35-24-28-43(29-25-35)50(39-16-5-1-6-17-39)40-18-7-2-8-19-40/h1-34,48H,(H,49,52)/b46-33-,47-34-. The van der Waals surface area contributed by atoms with Crippen molar-refractivity contribution >= 4 is 58.1 Å². The lowest BCUT2D eigenvalue weighted by Gasteiger charge is -2.25. The Morgan fingerprint density at radius 3 is 1.23 bits per heavy atom. The Balaban J connectivity index is 0.960. The first kappa shape index (κ1) is 33.3. The largest absolute Gasteiger partial charge is 0.311 e. The first-order valence-electron chi connectivity index (χ1n) is 16.9. The van der Waals surface area contributed by atoms with Crippen LogP contribution in [0.15, 0.2) is 204 Å². The lowest BCUT2D eigenvalue weighted by atomic mass is 10.1. The fourth-order valence-corrected chi connectivity index (χ4v) is 5.76. The van der Waals surface area contributed by atoms with Crippen LogP contribution in [0.2, 0.25) is 0 Å². The highest BCUT2D eigenvalue weighted by Gasteiger charge is 2.13. The topological polar surface area (TPSA) is 72.3 Å². The zero-order chi connectivity index (χ0) is 35.4. The van der Waals surface area contributed by atoms with Gasteiger partial charge in [-0.25, -0.2) is 5.43 Å². The zero-order valence-electron chi connectivity index (χ0n) is 28.3. The summed E-state index contributed by atoms with van der Waals surface area (Å²) in [5, 5.41) is 8.62. The maximum absolute atomic E-state index is 12.9. The normalized spacial score (nSPS) is 11.0. The van der Waals surface area contributed by atoms with Crippen molar-refractivity contribution in [3.05, 3.63) is 211 Å². The van der Waals surface area contributed by atoms with Crippen molar-refractivity contribution in [2.24, 2.45) is 10.2 Å². The molecule has 0 bridgehead atoms. The number of amides is 1. The Bertz CT molecular complexity index is 2160. The van der Waals surface area contributed by atoms with Crippen LogP contribution in [-0.2, 0) is 0 Å². The van der Waals surface area contributed by atoms with E-state index >= 15 is 0 Å². The van der Waals surface area contributed by atoms with E-state index in [9.17, 15) is 4.79 Å². The highest BCUT2D eigenvalue weighted by atomic mass is 16.2. The lowest BCUT2D eigenvalue weighted by molar-refractivity contribution is 0.0955. The molecule has 0 heterocycles. The summed E-state index contributed by atoms with van der Waals surface area (Å²) >= 11 is 0. The van der Waals surface area contributed by atoms with Gasteiger partial charge in [-0.15, -0.1) is 0 Å². The number of hydrogen-bond donors (Lipinski definition) is 2. The van der Waals surface area contributed by atoms with Gasteiger partial charge in [-0.2, -0.15) is 10.2 Å². The molecule has 0 fully saturated rings. The van der Waals surface area contributed by atoms with E-state index in [0.29, 0.717) is 11.3 Å². The third-order valence-electron chi connectivity index (χ3n) is 8.27. The van der Waals surface area contributed by atoms with Gasteiger partial charge >= 0.3 is 0 Å². The molecule has 0 radical (unpaired) electrons. The second-order valence-electron chi connectivity index (χ2n) is 11.8. The minimum atomic E-state index is -0.322. The fourth-order valence-electron chi connectivity index (χ4n) is 5.76. The lowest BCUT2D eigenvalue weighted by Crippen LogP contribution is -2.17. The van der Waals surface area contributed by atoms with Crippen molar-refractivity contribution < 1.29 is 4.79 Å². The van der Waals surface area contributed by atoms with Gasteiger partial charge in [0.15, 0.2) is 0 Å². The third-order valence-corrected chi connectivity index (χ3v) is 8.27. The smallest absolute Gasteiger partial charge is 0.271 e. The van der Waals surface area contributed by atoms with Gasteiger partial charge < -0.3 is 9.80 Å². The first-order valence-corrected chi connectivity index (χ1v) is 16.9. The van der Waals surface area contributed by atoms with Crippen LogP contribution in [0.1, 0.15) is 21.5 Å². The Kier molecular flexibility index (Phi) is 10.5. The summed E-state index contributed by atoms with van der Waals surface area (Å²) in [5.41, 5.74) is 14.9. The molecule has 0 saturated carbocycles. The molecular weight excluding hydrogens is 641 g/mol. The quantitative estimate of drug-likeness (QED) is 0.0998. The molecule has 252 valence electrons. The Hall–Kier alpha value is -7.25. The van der Waals surface area contributed by atoms with E-state index in [4.69, 9.17) is 0 Å². The number of carbonyl (C=O) groups is 1. The summed E-state index contributed by atoms with van der Waals surface area (Å²) in [4.78, 5) is 17.3. The Labute approximate surface area is 303 Å². The van der Waals surface area contributed by atoms with Gasteiger partial charge in [0, 0.05) is 39.7 Å². The van der Waals surface area contributed by atoms with Crippen LogP contribution in [0, 0.1) is 0 Å². The molecular formula is C45H36N6O. The van der Waals surface area contributed by atoms with E-state index in [1.807, 2.05) is 115 Å². The van der Waals surface area contributed by atoms with Crippen LogP contribution < -0.4 is 20.7 Å². The predicted molar refractivity (Wildman–Crippen MR) is 215 cm³/mol. The van der Waals surface area contributed by atoms with Gasteiger partial charge in [0.1, 0.15) is 0 Å². The van der Waals surface area contributed by atoms with Gasteiger partial charge in [-0.05, 0) is 102 Å². The van der Waals surface area contributed by atoms with Crippen molar-refractivity contribution in [1.29, 1.82) is 0 Å². The van der Waals surface area contributed by atoms with E-state index in [0.717, 1.165) is 45.3 Å².